The number of aromatic nitrogens is 1. The Morgan fingerprint density at radius 2 is 2.00 bits per heavy atom. The van der Waals surface area contributed by atoms with Crippen LogP contribution in [0.3, 0.4) is 0 Å². The molecule has 1 N–H and O–H groups in total. The number of methoxy groups -OCH3 is 2. The summed E-state index contributed by atoms with van der Waals surface area (Å²) < 4.78 is 16.1. The third-order valence-corrected chi connectivity index (χ3v) is 5.03. The van der Waals surface area contributed by atoms with Crippen LogP contribution in [0.5, 0.6) is 11.5 Å². The molecule has 2 aromatic rings. The van der Waals surface area contributed by atoms with Gasteiger partial charge in [0.25, 0.3) is 0 Å². The summed E-state index contributed by atoms with van der Waals surface area (Å²) in [5.41, 5.74) is 1.21. The number of ketones is 1. The largest absolute Gasteiger partial charge is 0.493 e. The molecule has 6 nitrogen and oxygen atoms in total. The molecule has 25 heavy (non-hydrogen) atoms. The second-order valence-corrected chi connectivity index (χ2v) is 6.81. The first-order chi connectivity index (χ1) is 11.8. The fraction of sp³-hybridized carbons (Fsp3) is 0.474. The first-order valence-corrected chi connectivity index (χ1v) is 8.20. The van der Waals surface area contributed by atoms with E-state index in [1.807, 2.05) is 19.1 Å². The number of Topliss-reactive ketones (excluding diaryl/α,β-unsaturated/α-hetero) is 1. The number of aryl methyl sites for hydroxylation is 1. The zero-order valence-corrected chi connectivity index (χ0v) is 15.1. The van der Waals surface area contributed by atoms with Crippen LogP contribution in [-0.2, 0) is 11.2 Å². The summed E-state index contributed by atoms with van der Waals surface area (Å²) in [6.07, 6.45) is 0.285. The Kier molecular flexibility index (Phi) is 4.33. The highest BCUT2D eigenvalue weighted by molar-refractivity contribution is 5.82. The number of fused-ring (bicyclic) bond motifs is 1. The van der Waals surface area contributed by atoms with Crippen LogP contribution in [0.2, 0.25) is 0 Å². The van der Waals surface area contributed by atoms with Crippen LogP contribution in [0, 0.1) is 12.8 Å². The molecule has 1 aliphatic carbocycles. The molecule has 0 spiro atoms. The van der Waals surface area contributed by atoms with E-state index in [0.717, 1.165) is 11.1 Å². The molecular weight excluding hydrogens is 322 g/mol. The Hall–Kier alpha value is -2.34. The Labute approximate surface area is 146 Å². The summed E-state index contributed by atoms with van der Waals surface area (Å²) in [5.74, 6) is 0.810. The maximum atomic E-state index is 12.5. The zero-order valence-electron chi connectivity index (χ0n) is 15.1. The standard InChI is InChI=1S/C19H23NO5/c1-10(21)18-17(12-6-7-14(23-4)15(8-12)24-5)16-11(2)25-20-13(16)9-19(18,3)22/h6-8,17-18,22H,9H2,1-5H3. The van der Waals surface area contributed by atoms with E-state index in [0.29, 0.717) is 23.0 Å². The topological polar surface area (TPSA) is 81.8 Å². The van der Waals surface area contributed by atoms with E-state index in [2.05, 4.69) is 5.16 Å². The summed E-state index contributed by atoms with van der Waals surface area (Å²) in [6.45, 7) is 5.03. The normalized spacial score (nSPS) is 25.4. The van der Waals surface area contributed by atoms with Crippen LogP contribution in [-0.4, -0.2) is 35.9 Å². The molecule has 6 heteroatoms. The van der Waals surface area contributed by atoms with E-state index < -0.39 is 11.5 Å². The van der Waals surface area contributed by atoms with Gasteiger partial charge >= 0.3 is 0 Å². The maximum Gasteiger partial charge on any atom is 0.161 e. The Balaban J connectivity index is 2.23. The smallest absolute Gasteiger partial charge is 0.161 e. The van der Waals surface area contributed by atoms with Gasteiger partial charge in [0.15, 0.2) is 11.5 Å². The molecule has 0 aliphatic heterocycles. The molecule has 134 valence electrons. The van der Waals surface area contributed by atoms with Crippen molar-refractivity contribution in [3.8, 4) is 11.5 Å². The summed E-state index contributed by atoms with van der Waals surface area (Å²) in [4.78, 5) is 12.5. The predicted molar refractivity (Wildman–Crippen MR) is 91.1 cm³/mol. The van der Waals surface area contributed by atoms with Crippen molar-refractivity contribution in [3.63, 3.8) is 0 Å². The maximum absolute atomic E-state index is 12.5. The van der Waals surface area contributed by atoms with E-state index in [-0.39, 0.29) is 18.1 Å². The highest BCUT2D eigenvalue weighted by atomic mass is 16.5. The molecule has 0 bridgehead atoms. The van der Waals surface area contributed by atoms with Crippen molar-refractivity contribution in [2.24, 2.45) is 5.92 Å². The van der Waals surface area contributed by atoms with Gasteiger partial charge in [-0.25, -0.2) is 0 Å². The van der Waals surface area contributed by atoms with Crippen molar-refractivity contribution in [3.05, 3.63) is 40.8 Å². The van der Waals surface area contributed by atoms with Crippen molar-refractivity contribution < 1.29 is 23.9 Å². The predicted octanol–water partition coefficient (Wildman–Crippen LogP) is 2.64. The molecule has 3 rings (SSSR count). The molecular formula is C19H23NO5. The lowest BCUT2D eigenvalue weighted by molar-refractivity contribution is -0.130. The van der Waals surface area contributed by atoms with Crippen LogP contribution in [0.25, 0.3) is 0 Å². The number of benzene rings is 1. The van der Waals surface area contributed by atoms with Crippen LogP contribution in [0.4, 0.5) is 0 Å². The lowest BCUT2D eigenvalue weighted by Crippen LogP contribution is -2.48. The SMILES string of the molecule is COc1ccc(C2c3c(noc3C)CC(C)(O)C2C(C)=O)cc1OC. The average molecular weight is 345 g/mol. The highest BCUT2D eigenvalue weighted by Gasteiger charge is 2.49. The van der Waals surface area contributed by atoms with Gasteiger partial charge in [-0.15, -0.1) is 0 Å². The molecule has 0 radical (unpaired) electrons. The third-order valence-electron chi connectivity index (χ3n) is 5.03. The van der Waals surface area contributed by atoms with Gasteiger partial charge in [0, 0.05) is 17.9 Å². The second-order valence-electron chi connectivity index (χ2n) is 6.81. The molecule has 0 amide bonds. The number of aliphatic hydroxyl groups is 1. The molecule has 0 saturated heterocycles. The van der Waals surface area contributed by atoms with Crippen molar-refractivity contribution in [1.82, 2.24) is 5.16 Å². The lowest BCUT2D eigenvalue weighted by atomic mass is 9.64. The summed E-state index contributed by atoms with van der Waals surface area (Å²) in [5, 5.41) is 15.1. The summed E-state index contributed by atoms with van der Waals surface area (Å²) in [7, 11) is 3.14. The van der Waals surface area contributed by atoms with Gasteiger partial charge in [0.05, 0.1) is 31.4 Å². The first-order valence-electron chi connectivity index (χ1n) is 8.20. The van der Waals surface area contributed by atoms with E-state index in [1.165, 1.54) is 6.92 Å². The highest BCUT2D eigenvalue weighted by Crippen LogP contribution is 2.48. The van der Waals surface area contributed by atoms with E-state index in [4.69, 9.17) is 14.0 Å². The minimum Gasteiger partial charge on any atom is -0.493 e. The molecule has 1 heterocycles. The Morgan fingerprint density at radius 3 is 2.60 bits per heavy atom. The fourth-order valence-corrected chi connectivity index (χ4v) is 4.00. The first kappa shape index (κ1) is 17.5. The second kappa shape index (κ2) is 6.19. The third kappa shape index (κ3) is 2.80. The Morgan fingerprint density at radius 1 is 1.32 bits per heavy atom. The van der Waals surface area contributed by atoms with E-state index >= 15 is 0 Å². The molecule has 3 atom stereocenters. The summed E-state index contributed by atoms with van der Waals surface area (Å²) in [6, 6.07) is 5.54. The molecule has 1 aromatic carbocycles. The van der Waals surface area contributed by atoms with E-state index in [1.54, 1.807) is 27.2 Å². The molecule has 1 aromatic heterocycles. The molecule has 1 aliphatic rings. The van der Waals surface area contributed by atoms with Crippen LogP contribution in [0.15, 0.2) is 22.7 Å². The van der Waals surface area contributed by atoms with Gasteiger partial charge in [-0.2, -0.15) is 0 Å². The van der Waals surface area contributed by atoms with Crippen molar-refractivity contribution in [1.29, 1.82) is 0 Å². The van der Waals surface area contributed by atoms with Gasteiger partial charge in [0.1, 0.15) is 11.5 Å². The van der Waals surface area contributed by atoms with Gasteiger partial charge in [-0.1, -0.05) is 11.2 Å². The number of ether oxygens (including phenoxy) is 2. The van der Waals surface area contributed by atoms with Gasteiger partial charge in [-0.05, 0) is 38.5 Å². The van der Waals surface area contributed by atoms with Crippen LogP contribution < -0.4 is 9.47 Å². The molecule has 0 saturated carbocycles. The van der Waals surface area contributed by atoms with Crippen LogP contribution in [0.1, 0.15) is 42.3 Å². The van der Waals surface area contributed by atoms with Gasteiger partial charge in [-0.3, -0.25) is 4.79 Å². The Bertz CT molecular complexity index is 808. The lowest BCUT2D eigenvalue weighted by Gasteiger charge is -2.40. The number of rotatable bonds is 4. The molecule has 0 fully saturated rings. The summed E-state index contributed by atoms with van der Waals surface area (Å²) >= 11 is 0. The number of hydrogen-bond acceptors (Lipinski definition) is 6. The number of nitrogens with zero attached hydrogens (tertiary/aromatic N) is 1. The van der Waals surface area contributed by atoms with E-state index in [9.17, 15) is 9.90 Å². The minimum atomic E-state index is -1.21. The van der Waals surface area contributed by atoms with Crippen molar-refractivity contribution in [2.45, 2.75) is 38.7 Å². The molecule has 3 unspecified atom stereocenters. The van der Waals surface area contributed by atoms with Crippen LogP contribution >= 0.6 is 0 Å². The van der Waals surface area contributed by atoms with Gasteiger partial charge < -0.3 is 19.1 Å². The number of carbonyl (C=O) groups excluding carboxylic acids is 1. The number of hydrogen-bond donors (Lipinski definition) is 1. The minimum absolute atomic E-state index is 0.0731. The average Bonchev–Trinajstić information content (AvgIpc) is 2.91. The quantitative estimate of drug-likeness (QED) is 0.917. The van der Waals surface area contributed by atoms with Crippen molar-refractivity contribution in [2.75, 3.05) is 14.2 Å². The monoisotopic (exact) mass is 345 g/mol. The number of carbonyl (C=O) groups is 1. The zero-order chi connectivity index (χ0) is 18.4. The van der Waals surface area contributed by atoms with Gasteiger partial charge in [0.2, 0.25) is 0 Å². The van der Waals surface area contributed by atoms with Crippen molar-refractivity contribution >= 4 is 5.78 Å². The fourth-order valence-electron chi connectivity index (χ4n) is 4.00.